The van der Waals surface area contributed by atoms with Crippen LogP contribution in [0, 0.1) is 23.2 Å². The first-order chi connectivity index (χ1) is 10.1. The van der Waals surface area contributed by atoms with Crippen LogP contribution in [0.5, 0.6) is 0 Å². The van der Waals surface area contributed by atoms with Crippen molar-refractivity contribution in [2.45, 2.75) is 12.5 Å². The number of likely N-dealkylation sites (tertiary alicyclic amines) is 2. The number of hydrogen-bond acceptors (Lipinski definition) is 3. The number of rotatable bonds is 1. The van der Waals surface area contributed by atoms with Crippen LogP contribution in [0.2, 0.25) is 5.02 Å². The molecular formula is C14H14ClFN4O. The number of benzene rings is 1. The molecular weight excluding hydrogens is 295 g/mol. The van der Waals surface area contributed by atoms with Gasteiger partial charge < -0.3 is 15.1 Å². The number of hydrogen-bond donors (Lipinski definition) is 1. The summed E-state index contributed by atoms with van der Waals surface area (Å²) in [6, 6.07) is 3.83. The summed E-state index contributed by atoms with van der Waals surface area (Å²) in [5.74, 6) is -0.234. The summed E-state index contributed by atoms with van der Waals surface area (Å²) < 4.78 is 13.7. The van der Waals surface area contributed by atoms with Gasteiger partial charge in [-0.3, -0.25) is 0 Å². The lowest BCUT2D eigenvalue weighted by Crippen LogP contribution is -2.41. The van der Waals surface area contributed by atoms with Gasteiger partial charge in [-0.15, -0.1) is 0 Å². The van der Waals surface area contributed by atoms with E-state index >= 15 is 0 Å². The Hall–Kier alpha value is -2.00. The van der Waals surface area contributed by atoms with Gasteiger partial charge in [0.25, 0.3) is 0 Å². The Balaban J connectivity index is 1.70. The average Bonchev–Trinajstić information content (AvgIpc) is 3.01. The zero-order valence-electron chi connectivity index (χ0n) is 11.2. The van der Waals surface area contributed by atoms with Gasteiger partial charge in [-0.2, -0.15) is 5.26 Å². The molecule has 0 aliphatic carbocycles. The van der Waals surface area contributed by atoms with Crippen LogP contribution >= 0.6 is 11.6 Å². The van der Waals surface area contributed by atoms with Gasteiger partial charge in [0, 0.05) is 30.6 Å². The van der Waals surface area contributed by atoms with Crippen molar-refractivity contribution in [3.05, 3.63) is 29.0 Å². The summed E-state index contributed by atoms with van der Waals surface area (Å²) in [6.45, 7) is 1.88. The number of urea groups is 1. The average molecular weight is 309 g/mol. The highest BCUT2D eigenvalue weighted by Crippen LogP contribution is 2.31. The molecule has 2 atom stereocenters. The third kappa shape index (κ3) is 2.61. The Kier molecular flexibility index (Phi) is 3.60. The maximum absolute atomic E-state index is 13.7. The van der Waals surface area contributed by atoms with Crippen LogP contribution < -0.4 is 5.32 Å². The summed E-state index contributed by atoms with van der Waals surface area (Å²) in [5.41, 5.74) is 0.114. The number of halogens is 2. The summed E-state index contributed by atoms with van der Waals surface area (Å²) in [4.78, 5) is 15.7. The molecule has 0 spiro atoms. The molecule has 1 aromatic rings. The Morgan fingerprint density at radius 2 is 2.29 bits per heavy atom. The largest absolute Gasteiger partial charge is 0.322 e. The molecule has 7 heteroatoms. The first kappa shape index (κ1) is 14.0. The molecule has 2 heterocycles. The van der Waals surface area contributed by atoms with Crippen LogP contribution in [0.4, 0.5) is 14.9 Å². The lowest BCUT2D eigenvalue weighted by atomic mass is 10.1. The van der Waals surface area contributed by atoms with Gasteiger partial charge in [0.15, 0.2) is 6.19 Å². The number of amides is 2. The SMILES string of the molecule is N#CN1C[C@H]2CCN(C(=O)Nc3ccc(Cl)cc3F)[C@H]2C1. The van der Waals surface area contributed by atoms with Crippen LogP contribution in [0.1, 0.15) is 6.42 Å². The van der Waals surface area contributed by atoms with Gasteiger partial charge in [0.05, 0.1) is 11.7 Å². The van der Waals surface area contributed by atoms with Crippen molar-refractivity contribution in [1.82, 2.24) is 9.80 Å². The first-order valence-corrected chi connectivity index (χ1v) is 7.13. The number of nitriles is 1. The quantitative estimate of drug-likeness (QED) is 0.811. The number of nitrogens with one attached hydrogen (secondary N) is 1. The second-order valence-electron chi connectivity index (χ2n) is 5.37. The molecule has 0 unspecified atom stereocenters. The van der Waals surface area contributed by atoms with Crippen LogP contribution in [-0.2, 0) is 0 Å². The standard InChI is InChI=1S/C14H14ClFN4O/c15-10-1-2-12(11(16)5-10)18-14(21)20-4-3-9-6-19(8-17)7-13(9)20/h1-2,5,9,13H,3-4,6-7H2,(H,18,21)/t9-,13+/m1/s1. The van der Waals surface area contributed by atoms with Crippen molar-refractivity contribution >= 4 is 23.3 Å². The fourth-order valence-corrected chi connectivity index (χ4v) is 3.23. The Labute approximate surface area is 126 Å². The van der Waals surface area contributed by atoms with Crippen LogP contribution in [0.3, 0.4) is 0 Å². The lowest BCUT2D eigenvalue weighted by Gasteiger charge is -2.24. The Bertz CT molecular complexity index is 617. The first-order valence-electron chi connectivity index (χ1n) is 6.76. The summed E-state index contributed by atoms with van der Waals surface area (Å²) >= 11 is 5.69. The number of anilines is 1. The van der Waals surface area contributed by atoms with E-state index in [0.717, 1.165) is 12.5 Å². The maximum atomic E-state index is 13.7. The third-order valence-corrected chi connectivity index (χ3v) is 4.36. The third-order valence-electron chi connectivity index (χ3n) is 4.12. The van der Waals surface area contributed by atoms with Crippen molar-refractivity contribution in [2.24, 2.45) is 5.92 Å². The van der Waals surface area contributed by atoms with Gasteiger partial charge in [-0.05, 0) is 24.6 Å². The number of carbonyl (C=O) groups is 1. The van der Waals surface area contributed by atoms with Crippen molar-refractivity contribution < 1.29 is 9.18 Å². The lowest BCUT2D eigenvalue weighted by molar-refractivity contribution is 0.203. The number of fused-ring (bicyclic) bond motifs is 1. The monoisotopic (exact) mass is 308 g/mol. The fraction of sp³-hybridized carbons (Fsp3) is 0.429. The zero-order valence-corrected chi connectivity index (χ0v) is 12.0. The normalized spacial score (nSPS) is 23.9. The molecule has 0 radical (unpaired) electrons. The molecule has 2 aliphatic rings. The highest BCUT2D eigenvalue weighted by Gasteiger charge is 2.43. The second-order valence-corrected chi connectivity index (χ2v) is 5.81. The van der Waals surface area contributed by atoms with Crippen LogP contribution in [-0.4, -0.2) is 41.5 Å². The molecule has 3 rings (SSSR count). The van der Waals surface area contributed by atoms with Gasteiger partial charge in [-0.25, -0.2) is 9.18 Å². The molecule has 2 saturated heterocycles. The van der Waals surface area contributed by atoms with Crippen LogP contribution in [0.25, 0.3) is 0 Å². The molecule has 1 aromatic carbocycles. The van der Waals surface area contributed by atoms with Gasteiger partial charge in [0.2, 0.25) is 0 Å². The molecule has 0 bridgehead atoms. The van der Waals surface area contributed by atoms with E-state index in [9.17, 15) is 9.18 Å². The zero-order chi connectivity index (χ0) is 15.0. The summed E-state index contributed by atoms with van der Waals surface area (Å²) in [5, 5.41) is 11.8. The summed E-state index contributed by atoms with van der Waals surface area (Å²) in [7, 11) is 0. The van der Waals surface area contributed by atoms with E-state index in [1.807, 2.05) is 0 Å². The van der Waals surface area contributed by atoms with Crippen LogP contribution in [0.15, 0.2) is 18.2 Å². The topological polar surface area (TPSA) is 59.4 Å². The minimum Gasteiger partial charge on any atom is -0.319 e. The predicted octanol–water partition coefficient (Wildman–Crippen LogP) is 2.50. The highest BCUT2D eigenvalue weighted by molar-refractivity contribution is 6.30. The van der Waals surface area contributed by atoms with E-state index in [1.54, 1.807) is 9.80 Å². The van der Waals surface area contributed by atoms with E-state index in [4.69, 9.17) is 16.9 Å². The Morgan fingerprint density at radius 1 is 1.48 bits per heavy atom. The maximum Gasteiger partial charge on any atom is 0.322 e. The number of carbonyl (C=O) groups excluding carboxylic acids is 1. The van der Waals surface area contributed by atoms with E-state index < -0.39 is 5.82 Å². The minimum absolute atomic E-state index is 0.0278. The fourth-order valence-electron chi connectivity index (χ4n) is 3.07. The highest BCUT2D eigenvalue weighted by atomic mass is 35.5. The molecule has 2 amide bonds. The van der Waals surface area contributed by atoms with Gasteiger partial charge >= 0.3 is 6.03 Å². The summed E-state index contributed by atoms with van der Waals surface area (Å²) in [6.07, 6.45) is 2.99. The molecule has 0 aromatic heterocycles. The molecule has 21 heavy (non-hydrogen) atoms. The molecule has 110 valence electrons. The van der Waals surface area contributed by atoms with E-state index in [1.165, 1.54) is 12.1 Å². The van der Waals surface area contributed by atoms with Gasteiger partial charge in [-0.1, -0.05) is 11.6 Å². The van der Waals surface area contributed by atoms with Crippen molar-refractivity contribution in [3.63, 3.8) is 0 Å². The van der Waals surface area contributed by atoms with E-state index in [-0.39, 0.29) is 22.8 Å². The predicted molar refractivity (Wildman–Crippen MR) is 76.2 cm³/mol. The molecule has 2 aliphatic heterocycles. The van der Waals surface area contributed by atoms with Crippen molar-refractivity contribution in [2.75, 3.05) is 25.0 Å². The molecule has 0 saturated carbocycles. The molecule has 5 nitrogen and oxygen atoms in total. The van der Waals surface area contributed by atoms with E-state index in [2.05, 4.69) is 11.5 Å². The van der Waals surface area contributed by atoms with Crippen molar-refractivity contribution in [1.29, 1.82) is 5.26 Å². The number of nitrogens with zero attached hydrogens (tertiary/aromatic N) is 3. The van der Waals surface area contributed by atoms with E-state index in [0.29, 0.717) is 25.6 Å². The second kappa shape index (κ2) is 5.41. The van der Waals surface area contributed by atoms with Gasteiger partial charge in [0.1, 0.15) is 5.82 Å². The Morgan fingerprint density at radius 3 is 3.00 bits per heavy atom. The minimum atomic E-state index is -0.559. The molecule has 1 N–H and O–H groups in total. The molecule has 2 fully saturated rings. The smallest absolute Gasteiger partial charge is 0.319 e. The van der Waals surface area contributed by atoms with Crippen molar-refractivity contribution in [3.8, 4) is 6.19 Å².